The number of pyridine rings is 1. The van der Waals surface area contributed by atoms with Crippen LogP contribution < -0.4 is 0 Å². The summed E-state index contributed by atoms with van der Waals surface area (Å²) in [6.07, 6.45) is 4.09. The lowest BCUT2D eigenvalue weighted by molar-refractivity contribution is -0.132. The molecule has 1 aliphatic carbocycles. The molecule has 0 radical (unpaired) electrons. The van der Waals surface area contributed by atoms with Crippen molar-refractivity contribution in [2.45, 2.75) is 32.5 Å². The largest absolute Gasteiger partial charge is 0.376 e. The molecular weight excluding hydrogens is 304 g/mol. The van der Waals surface area contributed by atoms with Crippen LogP contribution >= 0.6 is 0 Å². The zero-order chi connectivity index (χ0) is 16.5. The van der Waals surface area contributed by atoms with Crippen LogP contribution in [0, 0.1) is 23.7 Å². The van der Waals surface area contributed by atoms with Crippen molar-refractivity contribution in [1.29, 1.82) is 0 Å². The number of nitrogens with zero attached hydrogens (tertiary/aromatic N) is 2. The van der Waals surface area contributed by atoms with Gasteiger partial charge in [0.15, 0.2) is 0 Å². The van der Waals surface area contributed by atoms with Gasteiger partial charge in [0.05, 0.1) is 25.0 Å². The van der Waals surface area contributed by atoms with Gasteiger partial charge < -0.3 is 14.4 Å². The van der Waals surface area contributed by atoms with Crippen molar-refractivity contribution in [3.05, 3.63) is 30.1 Å². The number of aromatic nitrogens is 1. The molecule has 5 nitrogen and oxygen atoms in total. The molecule has 1 aromatic heterocycles. The summed E-state index contributed by atoms with van der Waals surface area (Å²) in [5.74, 6) is 2.21. The van der Waals surface area contributed by atoms with Gasteiger partial charge in [0, 0.05) is 37.7 Å². The third-order valence-electron chi connectivity index (χ3n) is 5.79. The lowest BCUT2D eigenvalue weighted by Gasteiger charge is -2.20. The van der Waals surface area contributed by atoms with E-state index in [2.05, 4.69) is 11.9 Å². The quantitative estimate of drug-likeness (QED) is 0.750. The van der Waals surface area contributed by atoms with Gasteiger partial charge in [0.25, 0.3) is 0 Å². The average molecular weight is 330 g/mol. The van der Waals surface area contributed by atoms with Gasteiger partial charge in [-0.15, -0.1) is 0 Å². The number of hydrogen-bond donors (Lipinski definition) is 0. The monoisotopic (exact) mass is 330 g/mol. The van der Waals surface area contributed by atoms with Crippen LogP contribution in [-0.4, -0.2) is 48.2 Å². The maximum Gasteiger partial charge on any atom is 0.226 e. The van der Waals surface area contributed by atoms with Crippen LogP contribution in [0.2, 0.25) is 0 Å². The molecule has 4 rings (SSSR count). The summed E-state index contributed by atoms with van der Waals surface area (Å²) >= 11 is 0. The average Bonchev–Trinajstić information content (AvgIpc) is 3.02. The van der Waals surface area contributed by atoms with Gasteiger partial charge >= 0.3 is 0 Å². The molecule has 2 aliphatic heterocycles. The smallest absolute Gasteiger partial charge is 0.226 e. The Balaban J connectivity index is 1.22. The minimum Gasteiger partial charge on any atom is -0.376 e. The first-order valence-electron chi connectivity index (χ1n) is 9.10. The second kappa shape index (κ2) is 6.81. The first kappa shape index (κ1) is 16.0. The number of carbonyl (C=O) groups is 1. The third-order valence-corrected chi connectivity index (χ3v) is 5.79. The van der Waals surface area contributed by atoms with Gasteiger partial charge in [-0.2, -0.15) is 0 Å². The highest BCUT2D eigenvalue weighted by Gasteiger charge is 2.49. The molecule has 5 atom stereocenters. The first-order chi connectivity index (χ1) is 11.7. The molecule has 2 saturated heterocycles. The van der Waals surface area contributed by atoms with Crippen LogP contribution in [0.5, 0.6) is 0 Å². The molecule has 3 heterocycles. The summed E-state index contributed by atoms with van der Waals surface area (Å²) in [5, 5.41) is 0. The van der Waals surface area contributed by atoms with Gasteiger partial charge in [-0.3, -0.25) is 9.78 Å². The predicted octanol–water partition coefficient (Wildman–Crippen LogP) is 2.12. The highest BCUT2D eigenvalue weighted by Crippen LogP contribution is 2.42. The molecule has 1 amide bonds. The Kier molecular flexibility index (Phi) is 4.55. The summed E-state index contributed by atoms with van der Waals surface area (Å²) in [6.45, 7) is 5.92. The number of rotatable bonds is 6. The Morgan fingerprint density at radius 3 is 3.04 bits per heavy atom. The Morgan fingerprint density at radius 1 is 1.42 bits per heavy atom. The van der Waals surface area contributed by atoms with E-state index in [1.165, 1.54) is 0 Å². The van der Waals surface area contributed by atoms with Crippen molar-refractivity contribution >= 4 is 5.91 Å². The van der Waals surface area contributed by atoms with Crippen LogP contribution in [-0.2, 0) is 20.9 Å². The molecule has 0 unspecified atom stereocenters. The summed E-state index contributed by atoms with van der Waals surface area (Å²) in [4.78, 5) is 18.7. The van der Waals surface area contributed by atoms with Crippen molar-refractivity contribution < 1.29 is 14.3 Å². The summed E-state index contributed by atoms with van der Waals surface area (Å²) < 4.78 is 11.7. The zero-order valence-corrected chi connectivity index (χ0v) is 14.3. The van der Waals surface area contributed by atoms with Crippen molar-refractivity contribution in [2.24, 2.45) is 23.7 Å². The number of fused-ring (bicyclic) bond motifs is 1. The fraction of sp³-hybridized carbons (Fsp3) is 0.684. The molecule has 0 aromatic carbocycles. The lowest BCUT2D eigenvalue weighted by Crippen LogP contribution is -2.32. The highest BCUT2D eigenvalue weighted by atomic mass is 16.5. The molecule has 0 N–H and O–H groups in total. The molecule has 130 valence electrons. The highest BCUT2D eigenvalue weighted by molar-refractivity contribution is 5.82. The molecule has 1 saturated carbocycles. The van der Waals surface area contributed by atoms with E-state index >= 15 is 0 Å². The molecule has 3 fully saturated rings. The van der Waals surface area contributed by atoms with Gasteiger partial charge in [-0.05, 0) is 36.8 Å². The molecule has 1 aromatic rings. The fourth-order valence-electron chi connectivity index (χ4n) is 4.07. The molecule has 5 heteroatoms. The molecule has 0 bridgehead atoms. The third kappa shape index (κ3) is 3.33. The van der Waals surface area contributed by atoms with E-state index in [0.717, 1.165) is 44.8 Å². The van der Waals surface area contributed by atoms with Crippen LogP contribution in [0.4, 0.5) is 0 Å². The Morgan fingerprint density at radius 2 is 2.29 bits per heavy atom. The van der Waals surface area contributed by atoms with Crippen LogP contribution in [0.15, 0.2) is 24.4 Å². The Bertz CT molecular complexity index is 579. The minimum atomic E-state index is 0.240. The molecule has 3 aliphatic rings. The maximum atomic E-state index is 12.4. The standard InChI is InChI=1S/C19H26N2O3/c1-13-8-16(13)19(22)21-9-17-14(11-24-18(17)10-21)5-7-23-12-15-4-2-3-6-20-15/h2-4,6,13-14,16-18H,5,7-12H2,1H3/t13-,14+,16+,17+,18+/m1/s1. The summed E-state index contributed by atoms with van der Waals surface area (Å²) in [6, 6.07) is 5.87. The fourth-order valence-corrected chi connectivity index (χ4v) is 4.07. The predicted molar refractivity (Wildman–Crippen MR) is 89.1 cm³/mol. The zero-order valence-electron chi connectivity index (χ0n) is 14.3. The second-order valence-corrected chi connectivity index (χ2v) is 7.52. The number of likely N-dealkylation sites (tertiary alicyclic amines) is 1. The Labute approximate surface area is 143 Å². The first-order valence-corrected chi connectivity index (χ1v) is 9.10. The number of amides is 1. The molecular formula is C19H26N2O3. The van der Waals surface area contributed by atoms with Gasteiger partial charge in [-0.25, -0.2) is 0 Å². The number of ether oxygens (including phenoxy) is 2. The summed E-state index contributed by atoms with van der Waals surface area (Å²) in [5.41, 5.74) is 0.967. The second-order valence-electron chi connectivity index (χ2n) is 7.52. The van der Waals surface area contributed by atoms with E-state index < -0.39 is 0 Å². The van der Waals surface area contributed by atoms with E-state index in [1.807, 2.05) is 23.1 Å². The van der Waals surface area contributed by atoms with Gasteiger partial charge in [0.2, 0.25) is 5.91 Å². The van der Waals surface area contributed by atoms with Crippen LogP contribution in [0.3, 0.4) is 0 Å². The molecule has 0 spiro atoms. The van der Waals surface area contributed by atoms with Crippen molar-refractivity contribution in [3.63, 3.8) is 0 Å². The van der Waals surface area contributed by atoms with Crippen molar-refractivity contribution in [3.8, 4) is 0 Å². The maximum absolute atomic E-state index is 12.4. The normalized spacial score (nSPS) is 34.4. The van der Waals surface area contributed by atoms with E-state index in [9.17, 15) is 4.79 Å². The van der Waals surface area contributed by atoms with Crippen molar-refractivity contribution in [2.75, 3.05) is 26.3 Å². The van der Waals surface area contributed by atoms with Gasteiger partial charge in [-0.1, -0.05) is 13.0 Å². The molecule has 24 heavy (non-hydrogen) atoms. The van der Waals surface area contributed by atoms with Crippen LogP contribution in [0.1, 0.15) is 25.5 Å². The lowest BCUT2D eigenvalue weighted by atomic mass is 9.91. The summed E-state index contributed by atoms with van der Waals surface area (Å²) in [7, 11) is 0. The van der Waals surface area contributed by atoms with E-state index in [4.69, 9.17) is 9.47 Å². The number of carbonyl (C=O) groups excluding carboxylic acids is 1. The van der Waals surface area contributed by atoms with Crippen molar-refractivity contribution in [1.82, 2.24) is 9.88 Å². The van der Waals surface area contributed by atoms with Gasteiger partial charge in [0.1, 0.15) is 0 Å². The number of hydrogen-bond acceptors (Lipinski definition) is 4. The van der Waals surface area contributed by atoms with E-state index in [1.54, 1.807) is 6.20 Å². The topological polar surface area (TPSA) is 51.7 Å². The SMILES string of the molecule is C[C@@H]1C[C@@H]1C(=O)N1C[C@H]2[C@@H](CCOCc3ccccn3)CO[C@H]2C1. The Hall–Kier alpha value is -1.46. The van der Waals surface area contributed by atoms with Crippen LogP contribution in [0.25, 0.3) is 0 Å². The van der Waals surface area contributed by atoms with E-state index in [-0.39, 0.29) is 12.0 Å². The van der Waals surface area contributed by atoms with E-state index in [0.29, 0.717) is 30.3 Å². The minimum absolute atomic E-state index is 0.240.